The molecule has 2 aromatic carbocycles. The summed E-state index contributed by atoms with van der Waals surface area (Å²) in [5.74, 6) is 0.717. The summed E-state index contributed by atoms with van der Waals surface area (Å²) in [6.07, 6.45) is 5.43. The van der Waals surface area contributed by atoms with Gasteiger partial charge in [-0.3, -0.25) is 4.79 Å². The summed E-state index contributed by atoms with van der Waals surface area (Å²) in [5, 5.41) is 8.86. The fraction of sp³-hybridized carbons (Fsp3) is 0.200. The van der Waals surface area contributed by atoms with Gasteiger partial charge < -0.3 is 4.74 Å². The van der Waals surface area contributed by atoms with E-state index >= 15 is 0 Å². The van der Waals surface area contributed by atoms with Gasteiger partial charge in [-0.2, -0.15) is 5.26 Å². The van der Waals surface area contributed by atoms with Crippen LogP contribution in [0.5, 0.6) is 5.75 Å². The van der Waals surface area contributed by atoms with E-state index in [9.17, 15) is 4.79 Å². The van der Waals surface area contributed by atoms with Crippen molar-refractivity contribution in [3.8, 4) is 11.8 Å². The number of ketones is 1. The van der Waals surface area contributed by atoms with Gasteiger partial charge in [0, 0.05) is 5.56 Å². The number of carbonyl (C=O) groups excluding carboxylic acids is 1. The molecule has 2 aromatic rings. The Kier molecular flexibility index (Phi) is 6.14. The molecule has 3 heteroatoms. The quantitative estimate of drug-likeness (QED) is 0.425. The van der Waals surface area contributed by atoms with Crippen molar-refractivity contribution in [1.82, 2.24) is 0 Å². The number of benzene rings is 2. The molecule has 0 radical (unpaired) electrons. The number of hydrogen-bond donors (Lipinski definition) is 0. The number of allylic oxidation sites excluding steroid dienone is 1. The van der Waals surface area contributed by atoms with Crippen molar-refractivity contribution < 1.29 is 9.53 Å². The summed E-state index contributed by atoms with van der Waals surface area (Å²) in [7, 11) is 0. The first-order valence-electron chi connectivity index (χ1n) is 7.68. The maximum Gasteiger partial charge on any atom is 0.185 e. The Morgan fingerprint density at radius 1 is 1.22 bits per heavy atom. The van der Waals surface area contributed by atoms with Crippen LogP contribution in [-0.4, -0.2) is 12.4 Å². The lowest BCUT2D eigenvalue weighted by molar-refractivity contribution is 0.104. The Labute approximate surface area is 136 Å². The number of rotatable bonds is 7. The highest BCUT2D eigenvalue weighted by Crippen LogP contribution is 2.14. The highest BCUT2D eigenvalue weighted by molar-refractivity contribution is 6.07. The second kappa shape index (κ2) is 8.55. The monoisotopic (exact) mass is 305 g/mol. The summed E-state index contributed by atoms with van der Waals surface area (Å²) < 4.78 is 5.60. The van der Waals surface area contributed by atoms with Gasteiger partial charge in [0.15, 0.2) is 5.78 Å². The van der Waals surface area contributed by atoms with Gasteiger partial charge >= 0.3 is 0 Å². The van der Waals surface area contributed by atoms with Gasteiger partial charge in [0.05, 0.1) is 18.2 Å². The molecule has 0 saturated heterocycles. The summed E-state index contributed by atoms with van der Waals surface area (Å²) in [6.45, 7) is 2.85. The maximum absolute atomic E-state index is 12.1. The van der Waals surface area contributed by atoms with Crippen molar-refractivity contribution in [1.29, 1.82) is 5.26 Å². The van der Waals surface area contributed by atoms with E-state index in [0.717, 1.165) is 30.8 Å². The summed E-state index contributed by atoms with van der Waals surface area (Å²) >= 11 is 0. The zero-order valence-electron chi connectivity index (χ0n) is 13.2. The number of carbonyl (C=O) groups is 1. The van der Waals surface area contributed by atoms with Crippen molar-refractivity contribution in [3.63, 3.8) is 0 Å². The number of ether oxygens (including phenoxy) is 1. The third kappa shape index (κ3) is 5.12. The second-order valence-corrected chi connectivity index (χ2v) is 5.16. The zero-order valence-corrected chi connectivity index (χ0v) is 13.2. The topological polar surface area (TPSA) is 50.1 Å². The van der Waals surface area contributed by atoms with Gasteiger partial charge in [-0.25, -0.2) is 0 Å². The second-order valence-electron chi connectivity index (χ2n) is 5.16. The standard InChI is InChI=1S/C20H19NO2/c1-2-3-13-23-19-10-7-16(8-11-19)9-12-20(22)18-6-4-5-17(14-18)15-21/h4-12,14H,2-3,13H2,1H3. The van der Waals surface area contributed by atoms with Gasteiger partial charge in [0.1, 0.15) is 5.75 Å². The van der Waals surface area contributed by atoms with E-state index in [1.807, 2.05) is 30.3 Å². The van der Waals surface area contributed by atoms with Crippen molar-refractivity contribution in [3.05, 3.63) is 71.3 Å². The largest absolute Gasteiger partial charge is 0.494 e. The predicted molar refractivity (Wildman–Crippen MR) is 91.4 cm³/mol. The van der Waals surface area contributed by atoms with E-state index in [2.05, 4.69) is 6.92 Å². The molecule has 0 aromatic heterocycles. The fourth-order valence-corrected chi connectivity index (χ4v) is 2.02. The average Bonchev–Trinajstić information content (AvgIpc) is 2.61. The molecule has 3 nitrogen and oxygen atoms in total. The zero-order chi connectivity index (χ0) is 16.5. The molecule has 0 spiro atoms. The lowest BCUT2D eigenvalue weighted by Gasteiger charge is -2.05. The van der Waals surface area contributed by atoms with Gasteiger partial charge in [-0.05, 0) is 42.3 Å². The lowest BCUT2D eigenvalue weighted by atomic mass is 10.1. The molecule has 0 heterocycles. The van der Waals surface area contributed by atoms with Crippen LogP contribution in [0.1, 0.15) is 41.3 Å². The van der Waals surface area contributed by atoms with Gasteiger partial charge in [0.25, 0.3) is 0 Å². The lowest BCUT2D eigenvalue weighted by Crippen LogP contribution is -1.96. The SMILES string of the molecule is CCCCOc1ccc(C=CC(=O)c2cccc(C#N)c2)cc1. The number of hydrogen-bond acceptors (Lipinski definition) is 3. The first kappa shape index (κ1) is 16.5. The normalized spacial score (nSPS) is 10.4. The summed E-state index contributed by atoms with van der Waals surface area (Å²) in [5.41, 5.74) is 1.93. The van der Waals surface area contributed by atoms with E-state index in [0.29, 0.717) is 11.1 Å². The van der Waals surface area contributed by atoms with Crippen LogP contribution in [0.4, 0.5) is 0 Å². The third-order valence-electron chi connectivity index (χ3n) is 3.35. The predicted octanol–water partition coefficient (Wildman–Crippen LogP) is 4.63. The minimum Gasteiger partial charge on any atom is -0.494 e. The van der Waals surface area contributed by atoms with Gasteiger partial charge in [-0.15, -0.1) is 0 Å². The number of nitrogens with zero attached hydrogens (tertiary/aromatic N) is 1. The Balaban J connectivity index is 1.99. The highest BCUT2D eigenvalue weighted by Gasteiger charge is 2.02. The molecular formula is C20H19NO2. The fourth-order valence-electron chi connectivity index (χ4n) is 2.02. The molecule has 0 unspecified atom stereocenters. The average molecular weight is 305 g/mol. The molecule has 0 saturated carbocycles. The van der Waals surface area contributed by atoms with Crippen LogP contribution in [0.3, 0.4) is 0 Å². The summed E-state index contributed by atoms with van der Waals surface area (Å²) in [4.78, 5) is 12.1. The number of unbranched alkanes of at least 4 members (excludes halogenated alkanes) is 1. The minimum atomic E-state index is -0.120. The molecule has 0 aliphatic carbocycles. The molecule has 0 aliphatic rings. The Bertz CT molecular complexity index is 724. The molecule has 0 N–H and O–H groups in total. The van der Waals surface area contributed by atoms with Crippen molar-refractivity contribution in [2.24, 2.45) is 0 Å². The first-order chi connectivity index (χ1) is 11.2. The van der Waals surface area contributed by atoms with Crippen LogP contribution in [-0.2, 0) is 0 Å². The van der Waals surface area contributed by atoms with Crippen molar-refractivity contribution >= 4 is 11.9 Å². The Hall–Kier alpha value is -2.86. The maximum atomic E-state index is 12.1. The Morgan fingerprint density at radius 3 is 2.70 bits per heavy atom. The third-order valence-corrected chi connectivity index (χ3v) is 3.35. The summed E-state index contributed by atoms with van der Waals surface area (Å²) in [6, 6.07) is 16.3. The minimum absolute atomic E-state index is 0.120. The van der Waals surface area contributed by atoms with E-state index in [1.165, 1.54) is 6.08 Å². The molecule has 0 aliphatic heterocycles. The number of nitriles is 1. The molecular weight excluding hydrogens is 286 g/mol. The van der Waals surface area contributed by atoms with E-state index < -0.39 is 0 Å². The van der Waals surface area contributed by atoms with Crippen LogP contribution in [0.2, 0.25) is 0 Å². The highest BCUT2D eigenvalue weighted by atomic mass is 16.5. The smallest absolute Gasteiger partial charge is 0.185 e. The van der Waals surface area contributed by atoms with Crippen LogP contribution in [0, 0.1) is 11.3 Å². The van der Waals surface area contributed by atoms with Crippen molar-refractivity contribution in [2.45, 2.75) is 19.8 Å². The van der Waals surface area contributed by atoms with Gasteiger partial charge in [0.2, 0.25) is 0 Å². The van der Waals surface area contributed by atoms with Crippen LogP contribution in [0.25, 0.3) is 6.08 Å². The Morgan fingerprint density at radius 2 is 2.00 bits per heavy atom. The molecule has 2 rings (SSSR count). The van der Waals surface area contributed by atoms with Crippen LogP contribution >= 0.6 is 0 Å². The molecule has 0 amide bonds. The van der Waals surface area contributed by atoms with Crippen LogP contribution < -0.4 is 4.74 Å². The molecule has 23 heavy (non-hydrogen) atoms. The molecule has 116 valence electrons. The molecule has 0 bridgehead atoms. The van der Waals surface area contributed by atoms with Crippen molar-refractivity contribution in [2.75, 3.05) is 6.61 Å². The first-order valence-corrected chi connectivity index (χ1v) is 7.68. The van der Waals surface area contributed by atoms with E-state index in [4.69, 9.17) is 10.00 Å². The molecule has 0 fully saturated rings. The van der Waals surface area contributed by atoms with Gasteiger partial charge in [-0.1, -0.05) is 43.7 Å². The van der Waals surface area contributed by atoms with E-state index in [1.54, 1.807) is 30.3 Å². The molecule has 0 atom stereocenters. The van der Waals surface area contributed by atoms with E-state index in [-0.39, 0.29) is 5.78 Å². The van der Waals surface area contributed by atoms with Crippen LogP contribution in [0.15, 0.2) is 54.6 Å².